The van der Waals surface area contributed by atoms with E-state index in [-0.39, 0.29) is 24.2 Å². The highest BCUT2D eigenvalue weighted by Crippen LogP contribution is 2.32. The summed E-state index contributed by atoms with van der Waals surface area (Å²) in [5, 5.41) is 4.67. The van der Waals surface area contributed by atoms with Gasteiger partial charge in [-0.25, -0.2) is 4.39 Å². The summed E-state index contributed by atoms with van der Waals surface area (Å²) in [5.41, 5.74) is 2.54. The molecule has 142 valence electrons. The molecule has 5 nitrogen and oxygen atoms in total. The van der Waals surface area contributed by atoms with E-state index in [4.69, 9.17) is 4.74 Å². The van der Waals surface area contributed by atoms with Gasteiger partial charge in [0.05, 0.1) is 4.88 Å². The second-order valence-corrected chi connectivity index (χ2v) is 7.27. The number of nitrogens with one attached hydrogen (secondary N) is 1. The SMILES string of the molecule is O=C(COc1ccc(F)cc1)Nc1ccc2c(c1)CCN2C(=O)c1cccs1. The Bertz CT molecular complexity index is 1000. The first-order valence-corrected chi connectivity index (χ1v) is 9.64. The Morgan fingerprint density at radius 3 is 2.71 bits per heavy atom. The Balaban J connectivity index is 1.38. The average Bonchev–Trinajstić information content (AvgIpc) is 3.37. The fraction of sp³-hybridized carbons (Fsp3) is 0.143. The molecule has 7 heteroatoms. The van der Waals surface area contributed by atoms with E-state index in [1.807, 2.05) is 29.6 Å². The summed E-state index contributed by atoms with van der Waals surface area (Å²) < 4.78 is 18.2. The largest absolute Gasteiger partial charge is 0.484 e. The van der Waals surface area contributed by atoms with Crippen LogP contribution in [0, 0.1) is 5.82 Å². The van der Waals surface area contributed by atoms with Crippen LogP contribution in [0.4, 0.5) is 15.8 Å². The lowest BCUT2D eigenvalue weighted by Gasteiger charge is -2.16. The molecule has 0 unspecified atom stereocenters. The van der Waals surface area contributed by atoms with E-state index >= 15 is 0 Å². The molecule has 1 N–H and O–H groups in total. The molecule has 0 atom stereocenters. The number of rotatable bonds is 5. The number of halogens is 1. The molecule has 2 heterocycles. The van der Waals surface area contributed by atoms with Crippen LogP contribution in [0.2, 0.25) is 0 Å². The van der Waals surface area contributed by atoms with Gasteiger partial charge in [0.2, 0.25) is 0 Å². The van der Waals surface area contributed by atoms with Crippen LogP contribution in [0.3, 0.4) is 0 Å². The van der Waals surface area contributed by atoms with Crippen LogP contribution in [-0.4, -0.2) is 25.0 Å². The fourth-order valence-corrected chi connectivity index (χ4v) is 3.77. The minimum atomic E-state index is -0.360. The van der Waals surface area contributed by atoms with E-state index in [1.165, 1.54) is 35.6 Å². The van der Waals surface area contributed by atoms with Gasteiger partial charge in [-0.2, -0.15) is 0 Å². The van der Waals surface area contributed by atoms with Crippen molar-refractivity contribution in [3.8, 4) is 5.75 Å². The van der Waals surface area contributed by atoms with Gasteiger partial charge in [-0.05, 0) is 65.9 Å². The topological polar surface area (TPSA) is 58.6 Å². The lowest BCUT2D eigenvalue weighted by atomic mass is 10.1. The van der Waals surface area contributed by atoms with Crippen molar-refractivity contribution < 1.29 is 18.7 Å². The lowest BCUT2D eigenvalue weighted by Crippen LogP contribution is -2.28. The molecule has 0 aliphatic carbocycles. The van der Waals surface area contributed by atoms with Crippen molar-refractivity contribution in [3.05, 3.63) is 76.2 Å². The lowest BCUT2D eigenvalue weighted by molar-refractivity contribution is -0.118. The molecule has 0 spiro atoms. The van der Waals surface area contributed by atoms with E-state index in [0.29, 0.717) is 22.9 Å². The number of benzene rings is 2. The van der Waals surface area contributed by atoms with Crippen LogP contribution in [0.25, 0.3) is 0 Å². The highest BCUT2D eigenvalue weighted by atomic mass is 32.1. The molecule has 0 radical (unpaired) electrons. The summed E-state index contributed by atoms with van der Waals surface area (Å²) >= 11 is 1.43. The number of hydrogen-bond donors (Lipinski definition) is 1. The summed E-state index contributed by atoms with van der Waals surface area (Å²) in [5.74, 6) is -0.248. The van der Waals surface area contributed by atoms with Crippen LogP contribution in [0.1, 0.15) is 15.2 Å². The van der Waals surface area contributed by atoms with E-state index in [9.17, 15) is 14.0 Å². The Hall–Kier alpha value is -3.19. The van der Waals surface area contributed by atoms with Crippen LogP contribution >= 0.6 is 11.3 Å². The van der Waals surface area contributed by atoms with Gasteiger partial charge in [0, 0.05) is 17.9 Å². The quantitative estimate of drug-likeness (QED) is 0.706. The first-order valence-electron chi connectivity index (χ1n) is 8.77. The van der Waals surface area contributed by atoms with Crippen molar-refractivity contribution >= 4 is 34.5 Å². The number of hydrogen-bond acceptors (Lipinski definition) is 4. The second-order valence-electron chi connectivity index (χ2n) is 6.32. The number of anilines is 2. The smallest absolute Gasteiger partial charge is 0.268 e. The van der Waals surface area contributed by atoms with Crippen molar-refractivity contribution in [3.63, 3.8) is 0 Å². The summed E-state index contributed by atoms with van der Waals surface area (Å²) in [6.45, 7) is 0.447. The Morgan fingerprint density at radius 2 is 1.96 bits per heavy atom. The van der Waals surface area contributed by atoms with E-state index in [0.717, 1.165) is 17.7 Å². The molecule has 1 aliphatic rings. The maximum absolute atomic E-state index is 12.9. The summed E-state index contributed by atoms with van der Waals surface area (Å²) in [7, 11) is 0. The number of carbonyl (C=O) groups is 2. The Labute approximate surface area is 165 Å². The molecule has 2 amide bonds. The molecule has 3 aromatic rings. The van der Waals surface area contributed by atoms with Crippen molar-refractivity contribution in [2.75, 3.05) is 23.4 Å². The zero-order valence-electron chi connectivity index (χ0n) is 14.9. The highest BCUT2D eigenvalue weighted by Gasteiger charge is 2.26. The number of ether oxygens (including phenoxy) is 1. The number of thiophene rings is 1. The standard InChI is InChI=1S/C21H17FN2O3S/c22-15-3-6-17(7-4-15)27-13-20(25)23-16-5-8-18-14(12-16)9-10-24(18)21(26)19-2-1-11-28-19/h1-8,11-12H,9-10,13H2,(H,23,25). The monoisotopic (exact) mass is 396 g/mol. The molecule has 0 saturated carbocycles. The number of carbonyl (C=O) groups excluding carboxylic acids is 2. The molecular weight excluding hydrogens is 379 g/mol. The van der Waals surface area contributed by atoms with Crippen LogP contribution in [-0.2, 0) is 11.2 Å². The van der Waals surface area contributed by atoms with Gasteiger partial charge in [0.1, 0.15) is 11.6 Å². The minimum absolute atomic E-state index is 0.00164. The van der Waals surface area contributed by atoms with Crippen molar-refractivity contribution in [1.29, 1.82) is 0 Å². The second kappa shape index (κ2) is 7.82. The molecule has 4 rings (SSSR count). The molecule has 1 aliphatic heterocycles. The first kappa shape index (κ1) is 18.2. The normalized spacial score (nSPS) is 12.5. The third kappa shape index (κ3) is 3.89. The van der Waals surface area contributed by atoms with Gasteiger partial charge in [-0.1, -0.05) is 6.07 Å². The highest BCUT2D eigenvalue weighted by molar-refractivity contribution is 7.12. The van der Waals surface area contributed by atoms with E-state index in [2.05, 4.69) is 5.32 Å². The van der Waals surface area contributed by atoms with Crippen molar-refractivity contribution in [2.45, 2.75) is 6.42 Å². The van der Waals surface area contributed by atoms with E-state index < -0.39 is 0 Å². The van der Waals surface area contributed by atoms with Gasteiger partial charge < -0.3 is 15.0 Å². The maximum atomic E-state index is 12.9. The van der Waals surface area contributed by atoms with Gasteiger partial charge >= 0.3 is 0 Å². The zero-order chi connectivity index (χ0) is 19.5. The predicted molar refractivity (Wildman–Crippen MR) is 107 cm³/mol. The molecule has 0 fully saturated rings. The van der Waals surface area contributed by atoms with Crippen molar-refractivity contribution in [2.24, 2.45) is 0 Å². The minimum Gasteiger partial charge on any atom is -0.484 e. The van der Waals surface area contributed by atoms with Gasteiger partial charge in [-0.15, -0.1) is 11.3 Å². The zero-order valence-corrected chi connectivity index (χ0v) is 15.7. The third-order valence-corrected chi connectivity index (χ3v) is 5.28. The molecule has 2 aromatic carbocycles. The average molecular weight is 396 g/mol. The molecule has 28 heavy (non-hydrogen) atoms. The number of fused-ring (bicyclic) bond motifs is 1. The van der Waals surface area contributed by atoms with Crippen LogP contribution in [0.5, 0.6) is 5.75 Å². The number of amides is 2. The fourth-order valence-electron chi connectivity index (χ4n) is 3.10. The molecule has 0 bridgehead atoms. The van der Waals surface area contributed by atoms with Gasteiger partial charge in [0.15, 0.2) is 6.61 Å². The maximum Gasteiger partial charge on any atom is 0.268 e. The summed E-state index contributed by atoms with van der Waals surface area (Å²) in [6.07, 6.45) is 0.738. The number of nitrogens with zero attached hydrogens (tertiary/aromatic N) is 1. The molecular formula is C21H17FN2O3S. The summed E-state index contributed by atoms with van der Waals surface area (Å²) in [6, 6.07) is 14.7. The summed E-state index contributed by atoms with van der Waals surface area (Å²) in [4.78, 5) is 27.2. The first-order chi connectivity index (χ1) is 13.6. The molecule has 1 aromatic heterocycles. The Kier molecular flexibility index (Phi) is 5.08. The Morgan fingerprint density at radius 1 is 1.14 bits per heavy atom. The van der Waals surface area contributed by atoms with Crippen LogP contribution < -0.4 is 15.0 Å². The van der Waals surface area contributed by atoms with Crippen molar-refractivity contribution in [1.82, 2.24) is 0 Å². The van der Waals surface area contributed by atoms with Gasteiger partial charge in [0.25, 0.3) is 11.8 Å². The van der Waals surface area contributed by atoms with Crippen LogP contribution in [0.15, 0.2) is 60.0 Å². The third-order valence-electron chi connectivity index (χ3n) is 4.42. The molecule has 0 saturated heterocycles. The predicted octanol–water partition coefficient (Wildman–Crippen LogP) is 4.11. The van der Waals surface area contributed by atoms with Gasteiger partial charge in [-0.3, -0.25) is 9.59 Å². The van der Waals surface area contributed by atoms with E-state index in [1.54, 1.807) is 11.0 Å².